The molecule has 0 aliphatic heterocycles. The number of hydrogen-bond acceptors (Lipinski definition) is 2. The van der Waals surface area contributed by atoms with Crippen molar-refractivity contribution < 1.29 is 5.11 Å². The zero-order valence-electron chi connectivity index (χ0n) is 4.39. The Morgan fingerprint density at radius 3 is 2.67 bits per heavy atom. The first-order valence-electron chi connectivity index (χ1n) is 2.27. The quantitative estimate of drug-likeness (QED) is 0.652. The van der Waals surface area contributed by atoms with E-state index in [1.807, 2.05) is 22.6 Å². The predicted molar refractivity (Wildman–Crippen MR) is 41.4 cm³/mol. The number of halogens is 1. The smallest absolute Gasteiger partial charge is 0.236 e. The van der Waals surface area contributed by atoms with Gasteiger partial charge in [0.05, 0.1) is 3.57 Å². The van der Waals surface area contributed by atoms with Gasteiger partial charge in [0.15, 0.2) is 5.75 Å². The summed E-state index contributed by atoms with van der Waals surface area (Å²) in [5.41, 5.74) is -0.325. The van der Waals surface area contributed by atoms with Gasteiger partial charge in [0.2, 0.25) is 5.43 Å². The van der Waals surface area contributed by atoms with Crippen molar-refractivity contribution in [1.29, 1.82) is 0 Å². The number of aromatic amines is 1. The fourth-order valence-corrected chi connectivity index (χ4v) is 0.903. The lowest BCUT2D eigenvalue weighted by Gasteiger charge is -1.88. The van der Waals surface area contributed by atoms with Crippen LogP contribution in [0, 0.1) is 3.57 Å². The van der Waals surface area contributed by atoms with Crippen LogP contribution < -0.4 is 5.43 Å². The second kappa shape index (κ2) is 2.38. The van der Waals surface area contributed by atoms with E-state index in [2.05, 4.69) is 4.98 Å². The molecule has 2 N–H and O–H groups in total. The molecule has 1 heterocycles. The average Bonchev–Trinajstić information content (AvgIpc) is 1.83. The van der Waals surface area contributed by atoms with Crippen molar-refractivity contribution in [3.8, 4) is 5.75 Å². The minimum Gasteiger partial charge on any atom is -0.503 e. The zero-order chi connectivity index (χ0) is 6.85. The van der Waals surface area contributed by atoms with E-state index in [0.29, 0.717) is 3.57 Å². The second-order valence-corrected chi connectivity index (χ2v) is 2.68. The van der Waals surface area contributed by atoms with Crippen LogP contribution in [0.5, 0.6) is 5.75 Å². The Morgan fingerprint density at radius 2 is 2.22 bits per heavy atom. The van der Waals surface area contributed by atoms with E-state index in [-0.39, 0.29) is 11.2 Å². The first-order valence-corrected chi connectivity index (χ1v) is 3.35. The molecule has 1 aromatic rings. The molecule has 48 valence electrons. The van der Waals surface area contributed by atoms with Crippen LogP contribution in [0.2, 0.25) is 0 Å². The van der Waals surface area contributed by atoms with Gasteiger partial charge >= 0.3 is 0 Å². The molecule has 0 spiro atoms. The number of aromatic nitrogens is 1. The maximum atomic E-state index is 10.7. The molecule has 0 fully saturated rings. The Bertz CT molecular complexity index is 245. The van der Waals surface area contributed by atoms with Crippen LogP contribution in [0.4, 0.5) is 0 Å². The molecule has 0 saturated carbocycles. The van der Waals surface area contributed by atoms with E-state index in [4.69, 9.17) is 5.11 Å². The van der Waals surface area contributed by atoms with Gasteiger partial charge in [-0.15, -0.1) is 0 Å². The first kappa shape index (κ1) is 6.60. The Kier molecular flexibility index (Phi) is 1.75. The number of aromatic hydroxyl groups is 1. The molecule has 9 heavy (non-hydrogen) atoms. The fourth-order valence-electron chi connectivity index (χ4n) is 0.447. The van der Waals surface area contributed by atoms with Crippen molar-refractivity contribution >= 4 is 22.6 Å². The third-order valence-electron chi connectivity index (χ3n) is 0.880. The summed E-state index contributed by atoms with van der Waals surface area (Å²) < 4.78 is 0.493. The van der Waals surface area contributed by atoms with Crippen LogP contribution in [0.3, 0.4) is 0 Å². The number of H-pyrrole nitrogens is 1. The van der Waals surface area contributed by atoms with Gasteiger partial charge in [-0.3, -0.25) is 4.79 Å². The van der Waals surface area contributed by atoms with E-state index in [1.54, 1.807) is 0 Å². The first-order chi connectivity index (χ1) is 4.22. The Labute approximate surface area is 64.9 Å². The van der Waals surface area contributed by atoms with Crippen molar-refractivity contribution in [3.63, 3.8) is 0 Å². The molecule has 0 unspecified atom stereocenters. The topological polar surface area (TPSA) is 53.1 Å². The number of rotatable bonds is 0. The Hall–Kier alpha value is -0.520. The van der Waals surface area contributed by atoms with E-state index in [9.17, 15) is 4.79 Å². The summed E-state index contributed by atoms with van der Waals surface area (Å²) in [7, 11) is 0. The van der Waals surface area contributed by atoms with Crippen LogP contribution >= 0.6 is 22.6 Å². The zero-order valence-corrected chi connectivity index (χ0v) is 6.55. The number of pyridine rings is 1. The SMILES string of the molecule is O=c1c(O)c[nH]cc1I. The normalized spacial score (nSPS) is 9.44. The highest BCUT2D eigenvalue weighted by molar-refractivity contribution is 14.1. The average molecular weight is 237 g/mol. The molecule has 0 aromatic carbocycles. The molecule has 0 saturated heterocycles. The van der Waals surface area contributed by atoms with Gasteiger partial charge < -0.3 is 10.1 Å². The van der Waals surface area contributed by atoms with E-state index < -0.39 is 0 Å². The lowest BCUT2D eigenvalue weighted by Crippen LogP contribution is -2.03. The summed E-state index contributed by atoms with van der Waals surface area (Å²) in [6, 6.07) is 0. The van der Waals surface area contributed by atoms with Crippen molar-refractivity contribution in [2.24, 2.45) is 0 Å². The van der Waals surface area contributed by atoms with Gasteiger partial charge in [-0.05, 0) is 22.6 Å². The molecule has 0 aliphatic carbocycles. The van der Waals surface area contributed by atoms with Gasteiger partial charge in [0.25, 0.3) is 0 Å². The maximum absolute atomic E-state index is 10.7. The second-order valence-electron chi connectivity index (χ2n) is 1.52. The largest absolute Gasteiger partial charge is 0.503 e. The molecule has 3 nitrogen and oxygen atoms in total. The molecule has 1 rings (SSSR count). The summed E-state index contributed by atoms with van der Waals surface area (Å²) in [6.07, 6.45) is 2.78. The molecule has 0 aliphatic rings. The van der Waals surface area contributed by atoms with Gasteiger partial charge in [-0.2, -0.15) is 0 Å². The highest BCUT2D eigenvalue weighted by Crippen LogP contribution is 2.00. The highest BCUT2D eigenvalue weighted by Gasteiger charge is 1.97. The molecular weight excluding hydrogens is 233 g/mol. The van der Waals surface area contributed by atoms with Crippen LogP contribution in [0.15, 0.2) is 17.2 Å². The Balaban J connectivity index is 3.43. The summed E-state index contributed by atoms with van der Waals surface area (Å²) in [5.74, 6) is -0.234. The van der Waals surface area contributed by atoms with Gasteiger partial charge in [0, 0.05) is 12.4 Å². The summed E-state index contributed by atoms with van der Waals surface area (Å²) >= 11 is 1.85. The number of nitrogens with one attached hydrogen (secondary N) is 1. The molecule has 0 bridgehead atoms. The van der Waals surface area contributed by atoms with Crippen molar-refractivity contribution in [1.82, 2.24) is 4.98 Å². The molecule has 0 atom stereocenters. The van der Waals surface area contributed by atoms with Gasteiger partial charge in [-0.25, -0.2) is 0 Å². The third kappa shape index (κ3) is 1.24. The van der Waals surface area contributed by atoms with Crippen LogP contribution in [0.25, 0.3) is 0 Å². The highest BCUT2D eigenvalue weighted by atomic mass is 127. The minimum atomic E-state index is -0.325. The molecule has 0 radical (unpaired) electrons. The maximum Gasteiger partial charge on any atom is 0.236 e. The molecule has 1 aromatic heterocycles. The Morgan fingerprint density at radius 1 is 1.56 bits per heavy atom. The summed E-state index contributed by atoms with van der Waals surface area (Å²) in [6.45, 7) is 0. The van der Waals surface area contributed by atoms with Crippen LogP contribution in [-0.2, 0) is 0 Å². The van der Waals surface area contributed by atoms with Gasteiger partial charge in [0.1, 0.15) is 0 Å². The summed E-state index contributed by atoms with van der Waals surface area (Å²) in [5, 5.41) is 8.75. The summed E-state index contributed by atoms with van der Waals surface area (Å²) in [4.78, 5) is 13.3. The molecular formula is C5H4INO2. The van der Waals surface area contributed by atoms with Crippen molar-refractivity contribution in [3.05, 3.63) is 26.2 Å². The minimum absolute atomic E-state index is 0.234. The van der Waals surface area contributed by atoms with E-state index >= 15 is 0 Å². The van der Waals surface area contributed by atoms with E-state index in [1.165, 1.54) is 12.4 Å². The lowest BCUT2D eigenvalue weighted by molar-refractivity contribution is 0.467. The van der Waals surface area contributed by atoms with Crippen LogP contribution in [0.1, 0.15) is 0 Å². The lowest BCUT2D eigenvalue weighted by atomic mass is 10.4. The fraction of sp³-hybridized carbons (Fsp3) is 0. The van der Waals surface area contributed by atoms with Crippen LogP contribution in [-0.4, -0.2) is 10.1 Å². The third-order valence-corrected chi connectivity index (χ3v) is 1.68. The predicted octanol–water partition coefficient (Wildman–Crippen LogP) is 0.685. The number of hydrogen-bond donors (Lipinski definition) is 2. The van der Waals surface area contributed by atoms with E-state index in [0.717, 1.165) is 0 Å². The standard InChI is InChI=1S/C5H4INO2/c6-3-1-7-2-4(8)5(3)9/h1-2,8H,(H,7,9). The van der Waals surface area contributed by atoms with Crippen molar-refractivity contribution in [2.45, 2.75) is 0 Å². The molecule has 0 amide bonds. The monoisotopic (exact) mass is 237 g/mol. The van der Waals surface area contributed by atoms with Gasteiger partial charge in [-0.1, -0.05) is 0 Å². The van der Waals surface area contributed by atoms with Crippen molar-refractivity contribution in [2.75, 3.05) is 0 Å². The molecule has 4 heteroatoms.